The molecule has 3 N–H and O–H groups in total. The predicted molar refractivity (Wildman–Crippen MR) is 83.6 cm³/mol. The summed E-state index contributed by atoms with van der Waals surface area (Å²) in [6.45, 7) is 1.95. The number of rotatable bonds is 5. The molecular formula is C14H19N3O3S. The van der Waals surface area contributed by atoms with E-state index < -0.39 is 0 Å². The maximum atomic E-state index is 11.9. The van der Waals surface area contributed by atoms with Gasteiger partial charge in [0.25, 0.3) is 0 Å². The SMILES string of the molecule is COc1ccc(NC(=O)CSC2CC(C)NC(=O)N2)cc1. The summed E-state index contributed by atoms with van der Waals surface area (Å²) in [5, 5.41) is 8.35. The highest BCUT2D eigenvalue weighted by atomic mass is 32.2. The number of urea groups is 1. The third-order valence-corrected chi connectivity index (χ3v) is 4.17. The van der Waals surface area contributed by atoms with E-state index in [-0.39, 0.29) is 23.4 Å². The summed E-state index contributed by atoms with van der Waals surface area (Å²) in [5.74, 6) is 0.948. The number of carbonyl (C=O) groups is 2. The highest BCUT2D eigenvalue weighted by molar-refractivity contribution is 8.00. The first-order chi connectivity index (χ1) is 10.1. The van der Waals surface area contributed by atoms with Crippen LogP contribution in [0.1, 0.15) is 13.3 Å². The van der Waals surface area contributed by atoms with Crippen molar-refractivity contribution in [2.45, 2.75) is 24.8 Å². The zero-order chi connectivity index (χ0) is 15.2. The third-order valence-electron chi connectivity index (χ3n) is 3.03. The molecular weight excluding hydrogens is 290 g/mol. The fraction of sp³-hybridized carbons (Fsp3) is 0.429. The van der Waals surface area contributed by atoms with Gasteiger partial charge in [0.15, 0.2) is 0 Å². The number of anilines is 1. The molecule has 1 saturated heterocycles. The minimum Gasteiger partial charge on any atom is -0.497 e. The zero-order valence-electron chi connectivity index (χ0n) is 12.0. The Morgan fingerprint density at radius 3 is 2.71 bits per heavy atom. The second kappa shape index (κ2) is 7.21. The Hall–Kier alpha value is -1.89. The molecule has 1 aliphatic rings. The molecule has 1 aliphatic heterocycles. The van der Waals surface area contributed by atoms with Crippen LogP contribution in [0.3, 0.4) is 0 Å². The molecule has 0 aromatic heterocycles. The number of methoxy groups -OCH3 is 1. The summed E-state index contributed by atoms with van der Waals surface area (Å²) >= 11 is 1.43. The number of thioether (sulfide) groups is 1. The largest absolute Gasteiger partial charge is 0.497 e. The van der Waals surface area contributed by atoms with E-state index in [2.05, 4.69) is 16.0 Å². The summed E-state index contributed by atoms with van der Waals surface area (Å²) in [4.78, 5) is 23.2. The van der Waals surface area contributed by atoms with Crippen LogP contribution in [0, 0.1) is 0 Å². The molecule has 2 atom stereocenters. The topological polar surface area (TPSA) is 79.5 Å². The molecule has 1 aromatic carbocycles. The van der Waals surface area contributed by atoms with Crippen LogP contribution in [0.2, 0.25) is 0 Å². The molecule has 0 bridgehead atoms. The fourth-order valence-electron chi connectivity index (χ4n) is 2.01. The minimum atomic E-state index is -0.179. The van der Waals surface area contributed by atoms with Crippen LogP contribution < -0.4 is 20.7 Å². The van der Waals surface area contributed by atoms with Crippen molar-refractivity contribution in [3.8, 4) is 5.75 Å². The van der Waals surface area contributed by atoms with Gasteiger partial charge in [-0.05, 0) is 37.6 Å². The normalized spacial score (nSPS) is 21.1. The van der Waals surface area contributed by atoms with Crippen molar-refractivity contribution in [2.24, 2.45) is 0 Å². The van der Waals surface area contributed by atoms with E-state index in [0.717, 1.165) is 17.9 Å². The van der Waals surface area contributed by atoms with Crippen LogP contribution >= 0.6 is 11.8 Å². The summed E-state index contributed by atoms with van der Waals surface area (Å²) < 4.78 is 5.06. The number of hydrogen-bond donors (Lipinski definition) is 3. The van der Waals surface area contributed by atoms with Crippen molar-refractivity contribution in [1.29, 1.82) is 0 Å². The molecule has 2 rings (SSSR count). The molecule has 3 amide bonds. The van der Waals surface area contributed by atoms with Crippen LogP contribution in [-0.2, 0) is 4.79 Å². The lowest BCUT2D eigenvalue weighted by molar-refractivity contribution is -0.113. The number of ether oxygens (including phenoxy) is 1. The van der Waals surface area contributed by atoms with E-state index in [1.165, 1.54) is 11.8 Å². The van der Waals surface area contributed by atoms with E-state index in [1.54, 1.807) is 31.4 Å². The molecule has 7 heteroatoms. The Bertz CT molecular complexity index is 507. The van der Waals surface area contributed by atoms with E-state index >= 15 is 0 Å². The van der Waals surface area contributed by atoms with Gasteiger partial charge in [0.2, 0.25) is 5.91 Å². The first-order valence-corrected chi connectivity index (χ1v) is 7.74. The van der Waals surface area contributed by atoms with Gasteiger partial charge in [0, 0.05) is 11.7 Å². The molecule has 1 fully saturated rings. The first kappa shape index (κ1) is 15.5. The van der Waals surface area contributed by atoms with E-state index in [1.807, 2.05) is 6.92 Å². The van der Waals surface area contributed by atoms with E-state index in [9.17, 15) is 9.59 Å². The van der Waals surface area contributed by atoms with Crippen molar-refractivity contribution >= 4 is 29.4 Å². The second-order valence-corrected chi connectivity index (χ2v) is 6.02. The molecule has 0 aliphatic carbocycles. The summed E-state index contributed by atoms with van der Waals surface area (Å²) in [6.07, 6.45) is 0.798. The zero-order valence-corrected chi connectivity index (χ0v) is 12.8. The molecule has 1 aromatic rings. The van der Waals surface area contributed by atoms with Gasteiger partial charge in [0.1, 0.15) is 5.75 Å². The Morgan fingerprint density at radius 1 is 1.38 bits per heavy atom. The van der Waals surface area contributed by atoms with Gasteiger partial charge in [-0.15, -0.1) is 11.8 Å². The van der Waals surface area contributed by atoms with Crippen LogP contribution in [0.5, 0.6) is 5.75 Å². The number of hydrogen-bond acceptors (Lipinski definition) is 4. The van der Waals surface area contributed by atoms with Gasteiger partial charge in [0.05, 0.1) is 18.2 Å². The smallest absolute Gasteiger partial charge is 0.315 e. The van der Waals surface area contributed by atoms with Crippen LogP contribution in [0.25, 0.3) is 0 Å². The fourth-order valence-corrected chi connectivity index (χ4v) is 3.05. The molecule has 0 spiro atoms. The molecule has 1 heterocycles. The van der Waals surface area contributed by atoms with Gasteiger partial charge in [-0.3, -0.25) is 4.79 Å². The lowest BCUT2D eigenvalue weighted by atomic mass is 10.2. The van der Waals surface area contributed by atoms with E-state index in [4.69, 9.17) is 4.74 Å². The van der Waals surface area contributed by atoms with Crippen LogP contribution in [-0.4, -0.2) is 36.2 Å². The van der Waals surface area contributed by atoms with Gasteiger partial charge in [-0.1, -0.05) is 0 Å². The number of nitrogens with one attached hydrogen (secondary N) is 3. The number of amides is 3. The molecule has 0 saturated carbocycles. The maximum Gasteiger partial charge on any atom is 0.315 e. The van der Waals surface area contributed by atoms with Gasteiger partial charge < -0.3 is 20.7 Å². The average Bonchev–Trinajstić information content (AvgIpc) is 2.45. The third kappa shape index (κ3) is 4.86. The molecule has 2 unspecified atom stereocenters. The molecule has 21 heavy (non-hydrogen) atoms. The lowest BCUT2D eigenvalue weighted by Gasteiger charge is -2.28. The quantitative estimate of drug-likeness (QED) is 0.774. The molecule has 0 radical (unpaired) electrons. The van der Waals surface area contributed by atoms with Crippen LogP contribution in [0.4, 0.5) is 10.5 Å². The molecule has 114 valence electrons. The van der Waals surface area contributed by atoms with Crippen molar-refractivity contribution in [2.75, 3.05) is 18.2 Å². The molecule has 6 nitrogen and oxygen atoms in total. The predicted octanol–water partition coefficient (Wildman–Crippen LogP) is 1.78. The maximum absolute atomic E-state index is 11.9. The average molecular weight is 309 g/mol. The van der Waals surface area contributed by atoms with Gasteiger partial charge >= 0.3 is 6.03 Å². The van der Waals surface area contributed by atoms with Gasteiger partial charge in [-0.25, -0.2) is 4.79 Å². The lowest BCUT2D eigenvalue weighted by Crippen LogP contribution is -2.52. The minimum absolute atomic E-state index is 0.0321. The monoisotopic (exact) mass is 309 g/mol. The van der Waals surface area contributed by atoms with E-state index in [0.29, 0.717) is 5.75 Å². The highest BCUT2D eigenvalue weighted by Gasteiger charge is 2.23. The van der Waals surface area contributed by atoms with Crippen molar-refractivity contribution < 1.29 is 14.3 Å². The first-order valence-electron chi connectivity index (χ1n) is 6.69. The Balaban J connectivity index is 1.77. The Labute approximate surface area is 128 Å². The second-order valence-electron chi connectivity index (χ2n) is 4.83. The Morgan fingerprint density at radius 2 is 2.10 bits per heavy atom. The standard InChI is InChI=1S/C14H19N3O3S/c1-9-7-13(17-14(19)15-9)21-8-12(18)16-10-3-5-11(20-2)6-4-10/h3-6,9,13H,7-8H2,1-2H3,(H,16,18)(H2,15,17,19). The Kier molecular flexibility index (Phi) is 5.32. The van der Waals surface area contributed by atoms with Crippen molar-refractivity contribution in [3.05, 3.63) is 24.3 Å². The summed E-state index contributed by atoms with van der Waals surface area (Å²) in [7, 11) is 1.60. The summed E-state index contributed by atoms with van der Waals surface area (Å²) in [6, 6.07) is 7.10. The number of carbonyl (C=O) groups excluding carboxylic acids is 2. The van der Waals surface area contributed by atoms with Crippen molar-refractivity contribution in [1.82, 2.24) is 10.6 Å². The summed E-state index contributed by atoms with van der Waals surface area (Å²) in [5.41, 5.74) is 0.726. The van der Waals surface area contributed by atoms with Crippen LogP contribution in [0.15, 0.2) is 24.3 Å². The number of benzene rings is 1. The highest BCUT2D eigenvalue weighted by Crippen LogP contribution is 2.18. The van der Waals surface area contributed by atoms with Crippen molar-refractivity contribution in [3.63, 3.8) is 0 Å². The van der Waals surface area contributed by atoms with Gasteiger partial charge in [-0.2, -0.15) is 0 Å².